The van der Waals surface area contributed by atoms with Gasteiger partial charge in [0.15, 0.2) is 0 Å². The SMILES string of the molecule is COC1CCCC(OCC(C)O)C1. The number of hydrogen-bond acceptors (Lipinski definition) is 3. The minimum Gasteiger partial charge on any atom is -0.391 e. The Kier molecular flexibility index (Phi) is 4.70. The normalized spacial score (nSPS) is 31.6. The molecule has 3 nitrogen and oxygen atoms in total. The average molecular weight is 188 g/mol. The van der Waals surface area contributed by atoms with Crippen LogP contribution in [0.5, 0.6) is 0 Å². The van der Waals surface area contributed by atoms with Crippen LogP contribution < -0.4 is 0 Å². The summed E-state index contributed by atoms with van der Waals surface area (Å²) >= 11 is 0. The van der Waals surface area contributed by atoms with Crippen LogP contribution in [0.1, 0.15) is 32.6 Å². The number of aliphatic hydroxyl groups excluding tert-OH is 1. The van der Waals surface area contributed by atoms with Crippen molar-refractivity contribution in [3.05, 3.63) is 0 Å². The second kappa shape index (κ2) is 5.58. The summed E-state index contributed by atoms with van der Waals surface area (Å²) in [5, 5.41) is 9.05. The molecule has 0 aromatic heterocycles. The summed E-state index contributed by atoms with van der Waals surface area (Å²) in [6.07, 6.45) is 4.67. The first-order chi connectivity index (χ1) is 6.22. The van der Waals surface area contributed by atoms with Crippen LogP contribution in [0.2, 0.25) is 0 Å². The molecule has 0 spiro atoms. The molecule has 78 valence electrons. The van der Waals surface area contributed by atoms with Gasteiger partial charge in [0.1, 0.15) is 0 Å². The second-order valence-electron chi connectivity index (χ2n) is 3.83. The van der Waals surface area contributed by atoms with E-state index in [-0.39, 0.29) is 12.2 Å². The number of rotatable bonds is 4. The fourth-order valence-corrected chi connectivity index (χ4v) is 1.74. The highest BCUT2D eigenvalue weighted by molar-refractivity contribution is 4.73. The highest BCUT2D eigenvalue weighted by Gasteiger charge is 2.22. The molecule has 0 aliphatic heterocycles. The molecule has 3 atom stereocenters. The number of ether oxygens (including phenoxy) is 2. The summed E-state index contributed by atoms with van der Waals surface area (Å²) in [4.78, 5) is 0. The molecule has 1 fully saturated rings. The Morgan fingerprint density at radius 1 is 1.38 bits per heavy atom. The molecule has 1 rings (SSSR count). The summed E-state index contributed by atoms with van der Waals surface area (Å²) < 4.78 is 10.8. The van der Waals surface area contributed by atoms with Crippen molar-refractivity contribution in [2.75, 3.05) is 13.7 Å². The van der Waals surface area contributed by atoms with Gasteiger partial charge in [-0.15, -0.1) is 0 Å². The maximum absolute atomic E-state index is 9.05. The van der Waals surface area contributed by atoms with Crippen molar-refractivity contribution >= 4 is 0 Å². The molecule has 0 saturated heterocycles. The van der Waals surface area contributed by atoms with Crippen LogP contribution in [-0.2, 0) is 9.47 Å². The van der Waals surface area contributed by atoms with Crippen LogP contribution in [0, 0.1) is 0 Å². The van der Waals surface area contributed by atoms with Crippen LogP contribution >= 0.6 is 0 Å². The lowest BCUT2D eigenvalue weighted by atomic mass is 9.95. The molecule has 13 heavy (non-hydrogen) atoms. The predicted octanol–water partition coefficient (Wildman–Crippen LogP) is 1.34. The van der Waals surface area contributed by atoms with Crippen molar-refractivity contribution in [2.24, 2.45) is 0 Å². The van der Waals surface area contributed by atoms with Crippen LogP contribution in [0.25, 0.3) is 0 Å². The van der Waals surface area contributed by atoms with Gasteiger partial charge >= 0.3 is 0 Å². The van der Waals surface area contributed by atoms with Crippen LogP contribution in [0.15, 0.2) is 0 Å². The fourth-order valence-electron chi connectivity index (χ4n) is 1.74. The van der Waals surface area contributed by atoms with Gasteiger partial charge in [-0.1, -0.05) is 0 Å². The molecule has 1 aliphatic rings. The first-order valence-corrected chi connectivity index (χ1v) is 5.05. The van der Waals surface area contributed by atoms with Crippen molar-refractivity contribution in [1.82, 2.24) is 0 Å². The highest BCUT2D eigenvalue weighted by atomic mass is 16.5. The Bertz CT molecular complexity index is 136. The summed E-state index contributed by atoms with van der Waals surface area (Å²) in [5.41, 5.74) is 0. The van der Waals surface area contributed by atoms with Crippen molar-refractivity contribution in [1.29, 1.82) is 0 Å². The van der Waals surface area contributed by atoms with Crippen molar-refractivity contribution < 1.29 is 14.6 Å². The van der Waals surface area contributed by atoms with E-state index in [0.717, 1.165) is 19.3 Å². The van der Waals surface area contributed by atoms with Crippen molar-refractivity contribution in [3.63, 3.8) is 0 Å². The summed E-state index contributed by atoms with van der Waals surface area (Å²) in [6, 6.07) is 0. The third-order valence-corrected chi connectivity index (χ3v) is 2.48. The lowest BCUT2D eigenvalue weighted by molar-refractivity contribution is -0.0529. The number of aliphatic hydroxyl groups is 1. The Morgan fingerprint density at radius 2 is 2.08 bits per heavy atom. The number of hydrogen-bond donors (Lipinski definition) is 1. The third kappa shape index (κ3) is 4.07. The zero-order chi connectivity index (χ0) is 9.68. The predicted molar refractivity (Wildman–Crippen MR) is 50.7 cm³/mol. The first kappa shape index (κ1) is 11.0. The molecule has 3 heteroatoms. The largest absolute Gasteiger partial charge is 0.391 e. The van der Waals surface area contributed by atoms with Gasteiger partial charge in [0, 0.05) is 7.11 Å². The molecule has 0 bridgehead atoms. The van der Waals surface area contributed by atoms with Gasteiger partial charge in [-0.3, -0.25) is 0 Å². The molecule has 0 aromatic rings. The quantitative estimate of drug-likeness (QED) is 0.723. The lowest BCUT2D eigenvalue weighted by Gasteiger charge is -2.28. The Morgan fingerprint density at radius 3 is 2.69 bits per heavy atom. The zero-order valence-corrected chi connectivity index (χ0v) is 8.53. The van der Waals surface area contributed by atoms with Crippen molar-refractivity contribution in [2.45, 2.75) is 50.9 Å². The molecule has 3 unspecified atom stereocenters. The standard InChI is InChI=1S/C10H20O3/c1-8(11)7-13-10-5-3-4-9(6-10)12-2/h8-11H,3-7H2,1-2H3. The third-order valence-electron chi connectivity index (χ3n) is 2.48. The zero-order valence-electron chi connectivity index (χ0n) is 8.53. The van der Waals surface area contributed by atoms with E-state index in [4.69, 9.17) is 14.6 Å². The minimum absolute atomic E-state index is 0.285. The summed E-state index contributed by atoms with van der Waals surface area (Å²) in [7, 11) is 1.75. The highest BCUT2D eigenvalue weighted by Crippen LogP contribution is 2.22. The molecule has 0 heterocycles. The Labute approximate surface area is 80.0 Å². The van der Waals surface area contributed by atoms with E-state index in [2.05, 4.69) is 0 Å². The molecule has 0 radical (unpaired) electrons. The Balaban J connectivity index is 2.18. The first-order valence-electron chi connectivity index (χ1n) is 5.05. The van der Waals surface area contributed by atoms with Gasteiger partial charge in [0.05, 0.1) is 24.9 Å². The fraction of sp³-hybridized carbons (Fsp3) is 1.00. The van der Waals surface area contributed by atoms with Crippen molar-refractivity contribution in [3.8, 4) is 0 Å². The van der Waals surface area contributed by atoms with E-state index in [9.17, 15) is 0 Å². The molecule has 1 N–H and O–H groups in total. The van der Waals surface area contributed by atoms with Gasteiger partial charge in [-0.2, -0.15) is 0 Å². The van der Waals surface area contributed by atoms with E-state index >= 15 is 0 Å². The van der Waals surface area contributed by atoms with Crippen LogP contribution in [0.4, 0.5) is 0 Å². The maximum Gasteiger partial charge on any atom is 0.0745 e. The van der Waals surface area contributed by atoms with E-state index in [0.29, 0.717) is 12.7 Å². The molecular weight excluding hydrogens is 168 g/mol. The topological polar surface area (TPSA) is 38.7 Å². The number of methoxy groups -OCH3 is 1. The molecule has 0 amide bonds. The van der Waals surface area contributed by atoms with E-state index in [1.54, 1.807) is 14.0 Å². The Hall–Kier alpha value is -0.120. The summed E-state index contributed by atoms with van der Waals surface area (Å²) in [6.45, 7) is 2.19. The monoisotopic (exact) mass is 188 g/mol. The minimum atomic E-state index is -0.358. The van der Waals surface area contributed by atoms with Gasteiger partial charge in [0.2, 0.25) is 0 Å². The second-order valence-corrected chi connectivity index (χ2v) is 3.83. The van der Waals surface area contributed by atoms with E-state index in [1.807, 2.05) is 0 Å². The van der Waals surface area contributed by atoms with Crippen LogP contribution in [-0.4, -0.2) is 37.1 Å². The van der Waals surface area contributed by atoms with Gasteiger partial charge in [-0.05, 0) is 32.6 Å². The van der Waals surface area contributed by atoms with E-state index in [1.165, 1.54) is 6.42 Å². The lowest BCUT2D eigenvalue weighted by Crippen LogP contribution is -2.29. The maximum atomic E-state index is 9.05. The molecule has 1 saturated carbocycles. The van der Waals surface area contributed by atoms with Gasteiger partial charge < -0.3 is 14.6 Å². The van der Waals surface area contributed by atoms with Crippen LogP contribution in [0.3, 0.4) is 0 Å². The smallest absolute Gasteiger partial charge is 0.0745 e. The molecule has 1 aliphatic carbocycles. The van der Waals surface area contributed by atoms with Gasteiger partial charge in [0.25, 0.3) is 0 Å². The molecule has 0 aromatic carbocycles. The molecular formula is C10H20O3. The van der Waals surface area contributed by atoms with Gasteiger partial charge in [-0.25, -0.2) is 0 Å². The van der Waals surface area contributed by atoms with E-state index < -0.39 is 0 Å². The summed E-state index contributed by atoms with van der Waals surface area (Å²) in [5.74, 6) is 0. The average Bonchev–Trinajstić information content (AvgIpc) is 2.15.